The van der Waals surface area contributed by atoms with Gasteiger partial charge in [-0.05, 0) is 55.5 Å². The second kappa shape index (κ2) is 7.78. The molecule has 4 heteroatoms. The van der Waals surface area contributed by atoms with Crippen LogP contribution in [0.3, 0.4) is 0 Å². The fourth-order valence-corrected chi connectivity index (χ4v) is 3.17. The fourth-order valence-electron chi connectivity index (χ4n) is 2.09. The lowest BCUT2D eigenvalue weighted by atomic mass is 10.2. The van der Waals surface area contributed by atoms with Crippen LogP contribution in [0.25, 0.3) is 0 Å². The summed E-state index contributed by atoms with van der Waals surface area (Å²) in [5.41, 5.74) is 0. The van der Waals surface area contributed by atoms with Gasteiger partial charge in [-0.25, -0.2) is 4.31 Å². The van der Waals surface area contributed by atoms with Crippen LogP contribution in [-0.2, 0) is 4.74 Å². The van der Waals surface area contributed by atoms with Crippen molar-refractivity contribution in [2.24, 2.45) is 5.92 Å². The summed E-state index contributed by atoms with van der Waals surface area (Å²) in [6.07, 6.45) is 1.31. The number of rotatable bonds is 7. The van der Waals surface area contributed by atoms with E-state index < -0.39 is 0 Å². The van der Waals surface area contributed by atoms with E-state index in [4.69, 9.17) is 9.47 Å². The third-order valence-corrected chi connectivity index (χ3v) is 4.22. The fraction of sp³-hybridized carbons (Fsp3) is 0.600. The first-order chi connectivity index (χ1) is 9.28. The van der Waals surface area contributed by atoms with E-state index in [0.29, 0.717) is 13.2 Å². The van der Waals surface area contributed by atoms with Crippen molar-refractivity contribution in [3.05, 3.63) is 24.3 Å². The van der Waals surface area contributed by atoms with E-state index in [0.717, 1.165) is 18.3 Å². The molecule has 0 amide bonds. The highest BCUT2D eigenvalue weighted by molar-refractivity contribution is 7.97. The third-order valence-electron chi connectivity index (χ3n) is 3.15. The minimum absolute atomic E-state index is 0.615. The lowest BCUT2D eigenvalue weighted by Crippen LogP contribution is -2.10. The van der Waals surface area contributed by atoms with Gasteiger partial charge >= 0.3 is 0 Å². The van der Waals surface area contributed by atoms with Crippen molar-refractivity contribution in [2.45, 2.75) is 25.2 Å². The van der Waals surface area contributed by atoms with E-state index in [1.807, 2.05) is 31.0 Å². The molecule has 1 atom stereocenters. The van der Waals surface area contributed by atoms with E-state index >= 15 is 0 Å². The number of ether oxygens (including phenoxy) is 2. The van der Waals surface area contributed by atoms with Crippen molar-refractivity contribution in [1.82, 2.24) is 4.31 Å². The van der Waals surface area contributed by atoms with Gasteiger partial charge in [-0.2, -0.15) is 0 Å². The highest BCUT2D eigenvalue weighted by Crippen LogP contribution is 2.29. The molecule has 0 saturated carbocycles. The number of hydrogen-bond donors (Lipinski definition) is 0. The molecule has 0 bridgehead atoms. The SMILES string of the molecule is CCOCCOc1ccc(SN2CC[C@H](C)C2)cc1. The van der Waals surface area contributed by atoms with Gasteiger partial charge in [0, 0.05) is 24.6 Å². The molecular weight excluding hydrogens is 258 g/mol. The van der Waals surface area contributed by atoms with Crippen LogP contribution in [0.15, 0.2) is 29.2 Å². The van der Waals surface area contributed by atoms with E-state index in [2.05, 4.69) is 23.4 Å². The van der Waals surface area contributed by atoms with Crippen LogP contribution in [0, 0.1) is 5.92 Å². The standard InChI is InChI=1S/C15H23NO2S/c1-3-17-10-11-18-14-4-6-15(7-5-14)19-16-9-8-13(2)12-16/h4-7,13H,3,8-12H2,1-2H3/t13-/m0/s1. The maximum Gasteiger partial charge on any atom is 0.119 e. The molecule has 2 rings (SSSR count). The van der Waals surface area contributed by atoms with E-state index in [1.165, 1.54) is 24.4 Å². The zero-order valence-electron chi connectivity index (χ0n) is 11.8. The normalized spacial score (nSPS) is 19.8. The van der Waals surface area contributed by atoms with Gasteiger partial charge in [-0.3, -0.25) is 0 Å². The molecule has 1 fully saturated rings. The van der Waals surface area contributed by atoms with Crippen LogP contribution >= 0.6 is 11.9 Å². The summed E-state index contributed by atoms with van der Waals surface area (Å²) in [5, 5.41) is 0. The Kier molecular flexibility index (Phi) is 6.01. The quantitative estimate of drug-likeness (QED) is 0.563. The molecule has 1 heterocycles. The molecule has 1 saturated heterocycles. The number of benzene rings is 1. The molecule has 0 radical (unpaired) electrons. The zero-order valence-corrected chi connectivity index (χ0v) is 12.6. The minimum atomic E-state index is 0.615. The largest absolute Gasteiger partial charge is 0.491 e. The third kappa shape index (κ3) is 5.05. The van der Waals surface area contributed by atoms with Crippen LogP contribution in [-0.4, -0.2) is 37.2 Å². The first-order valence-corrected chi connectivity index (χ1v) is 7.79. The first kappa shape index (κ1) is 14.7. The van der Waals surface area contributed by atoms with E-state index in [9.17, 15) is 0 Å². The van der Waals surface area contributed by atoms with Gasteiger partial charge in [0.05, 0.1) is 6.61 Å². The van der Waals surface area contributed by atoms with Crippen LogP contribution < -0.4 is 4.74 Å². The Bertz CT molecular complexity index is 369. The van der Waals surface area contributed by atoms with Crippen molar-refractivity contribution in [1.29, 1.82) is 0 Å². The summed E-state index contributed by atoms with van der Waals surface area (Å²) < 4.78 is 13.3. The predicted octanol–water partition coefficient (Wildman–Crippen LogP) is 3.45. The Balaban J connectivity index is 1.74. The molecule has 0 spiro atoms. The first-order valence-electron chi connectivity index (χ1n) is 7.01. The van der Waals surface area contributed by atoms with Crippen LogP contribution in [0.2, 0.25) is 0 Å². The highest BCUT2D eigenvalue weighted by atomic mass is 32.2. The highest BCUT2D eigenvalue weighted by Gasteiger charge is 2.19. The molecule has 106 valence electrons. The summed E-state index contributed by atoms with van der Waals surface area (Å²) in [5.74, 6) is 1.74. The van der Waals surface area contributed by atoms with Crippen molar-refractivity contribution < 1.29 is 9.47 Å². The zero-order chi connectivity index (χ0) is 13.5. The van der Waals surface area contributed by atoms with Gasteiger partial charge < -0.3 is 9.47 Å². The summed E-state index contributed by atoms with van der Waals surface area (Å²) in [7, 11) is 0. The molecule has 0 N–H and O–H groups in total. The van der Waals surface area contributed by atoms with E-state index in [-0.39, 0.29) is 0 Å². The molecule has 0 aromatic heterocycles. The van der Waals surface area contributed by atoms with Crippen LogP contribution in [0.4, 0.5) is 0 Å². The van der Waals surface area contributed by atoms with Crippen molar-refractivity contribution in [3.63, 3.8) is 0 Å². The van der Waals surface area contributed by atoms with Gasteiger partial charge in [-0.1, -0.05) is 6.92 Å². The van der Waals surface area contributed by atoms with Gasteiger partial charge in [0.1, 0.15) is 12.4 Å². The maximum atomic E-state index is 5.60. The Morgan fingerprint density at radius 1 is 1.26 bits per heavy atom. The Hall–Kier alpha value is -0.710. The summed E-state index contributed by atoms with van der Waals surface area (Å²) in [6, 6.07) is 8.33. The molecule has 0 aliphatic carbocycles. The van der Waals surface area contributed by atoms with E-state index in [1.54, 1.807) is 0 Å². The number of hydrogen-bond acceptors (Lipinski definition) is 4. The average molecular weight is 281 g/mol. The lowest BCUT2D eigenvalue weighted by Gasteiger charge is -2.14. The molecule has 0 unspecified atom stereocenters. The molecule has 1 aromatic rings. The Labute approximate surface area is 120 Å². The second-order valence-corrected chi connectivity index (χ2v) is 6.06. The van der Waals surface area contributed by atoms with Gasteiger partial charge in [0.2, 0.25) is 0 Å². The van der Waals surface area contributed by atoms with Crippen molar-refractivity contribution >= 4 is 11.9 Å². The smallest absolute Gasteiger partial charge is 0.119 e. The molecule has 3 nitrogen and oxygen atoms in total. The summed E-state index contributed by atoms with van der Waals surface area (Å²) >= 11 is 1.85. The monoisotopic (exact) mass is 281 g/mol. The summed E-state index contributed by atoms with van der Waals surface area (Å²) in [6.45, 7) is 8.70. The van der Waals surface area contributed by atoms with Crippen molar-refractivity contribution in [2.75, 3.05) is 32.9 Å². The van der Waals surface area contributed by atoms with Crippen LogP contribution in [0.1, 0.15) is 20.3 Å². The minimum Gasteiger partial charge on any atom is -0.491 e. The van der Waals surface area contributed by atoms with Gasteiger partial charge in [0.15, 0.2) is 0 Å². The van der Waals surface area contributed by atoms with Gasteiger partial charge in [-0.15, -0.1) is 0 Å². The van der Waals surface area contributed by atoms with Crippen molar-refractivity contribution in [3.8, 4) is 5.75 Å². The van der Waals surface area contributed by atoms with Gasteiger partial charge in [0.25, 0.3) is 0 Å². The molecule has 1 aliphatic heterocycles. The lowest BCUT2D eigenvalue weighted by molar-refractivity contribution is 0.110. The molecule has 1 aromatic carbocycles. The molecule has 19 heavy (non-hydrogen) atoms. The maximum absolute atomic E-state index is 5.60. The molecular formula is C15H23NO2S. The molecule has 1 aliphatic rings. The average Bonchev–Trinajstić information content (AvgIpc) is 2.82. The number of nitrogens with zero attached hydrogens (tertiary/aromatic N) is 1. The Morgan fingerprint density at radius 3 is 2.68 bits per heavy atom. The topological polar surface area (TPSA) is 21.7 Å². The van der Waals surface area contributed by atoms with Crippen LogP contribution in [0.5, 0.6) is 5.75 Å². The summed E-state index contributed by atoms with van der Waals surface area (Å²) in [4.78, 5) is 1.28. The Morgan fingerprint density at radius 2 is 2.05 bits per heavy atom. The second-order valence-electron chi connectivity index (χ2n) is 4.89. The predicted molar refractivity (Wildman–Crippen MR) is 79.6 cm³/mol.